The van der Waals surface area contributed by atoms with E-state index in [1.54, 1.807) is 11.0 Å². The molecule has 0 aromatic heterocycles. The van der Waals surface area contributed by atoms with Crippen molar-refractivity contribution in [2.75, 3.05) is 31.5 Å². The molecule has 1 N–H and O–H groups in total. The second-order valence-corrected chi connectivity index (χ2v) is 6.95. The number of nitrogens with one attached hydrogen (secondary N) is 1. The normalized spacial score (nSPS) is 13.5. The number of rotatable bonds is 8. The number of hydrogen-bond acceptors (Lipinski definition) is 3. The van der Waals surface area contributed by atoms with Crippen LogP contribution in [0.5, 0.6) is 0 Å². The van der Waals surface area contributed by atoms with Gasteiger partial charge in [0.1, 0.15) is 0 Å². The lowest BCUT2D eigenvalue weighted by molar-refractivity contribution is -0.131. The average Bonchev–Trinajstić information content (AvgIpc) is 3.18. The van der Waals surface area contributed by atoms with Crippen LogP contribution in [0.25, 0.3) is 0 Å². The smallest absolute Gasteiger partial charge is 0.254 e. The fraction of sp³-hybridized carbons (Fsp3) is 0.571. The van der Waals surface area contributed by atoms with E-state index in [1.807, 2.05) is 37.8 Å². The van der Waals surface area contributed by atoms with Crippen molar-refractivity contribution in [2.24, 2.45) is 0 Å². The first-order valence-electron chi connectivity index (χ1n) is 9.94. The number of anilines is 1. The zero-order valence-corrected chi connectivity index (χ0v) is 16.7. The Hall–Kier alpha value is -2.37. The summed E-state index contributed by atoms with van der Waals surface area (Å²) in [5, 5.41) is 2.89. The molecule has 2 rings (SSSR count). The summed E-state index contributed by atoms with van der Waals surface area (Å²) < 4.78 is 0. The van der Waals surface area contributed by atoms with Gasteiger partial charge >= 0.3 is 0 Å². The summed E-state index contributed by atoms with van der Waals surface area (Å²) in [6.07, 6.45) is 3.28. The van der Waals surface area contributed by atoms with E-state index in [0.29, 0.717) is 37.2 Å². The van der Waals surface area contributed by atoms with E-state index in [9.17, 15) is 14.4 Å². The van der Waals surface area contributed by atoms with E-state index < -0.39 is 0 Å². The van der Waals surface area contributed by atoms with Crippen molar-refractivity contribution in [3.05, 3.63) is 29.3 Å². The van der Waals surface area contributed by atoms with Crippen LogP contribution in [-0.2, 0) is 9.59 Å². The second-order valence-electron chi connectivity index (χ2n) is 6.95. The van der Waals surface area contributed by atoms with Crippen molar-refractivity contribution in [3.63, 3.8) is 0 Å². The van der Waals surface area contributed by atoms with Gasteiger partial charge in [0.15, 0.2) is 0 Å². The van der Waals surface area contributed by atoms with Crippen molar-refractivity contribution in [3.8, 4) is 0 Å². The first-order valence-corrected chi connectivity index (χ1v) is 9.94. The molecule has 0 unspecified atom stereocenters. The quantitative estimate of drug-likeness (QED) is 0.761. The summed E-state index contributed by atoms with van der Waals surface area (Å²) in [7, 11) is 0. The molecule has 3 amide bonds. The highest BCUT2D eigenvalue weighted by Crippen LogP contribution is 2.22. The van der Waals surface area contributed by atoms with Crippen molar-refractivity contribution in [1.29, 1.82) is 0 Å². The summed E-state index contributed by atoms with van der Waals surface area (Å²) in [6.45, 7) is 8.76. The van der Waals surface area contributed by atoms with Gasteiger partial charge in [0.05, 0.1) is 0 Å². The molecule has 1 aromatic rings. The van der Waals surface area contributed by atoms with E-state index in [1.165, 1.54) is 0 Å². The summed E-state index contributed by atoms with van der Waals surface area (Å²) in [4.78, 5) is 40.5. The Balaban J connectivity index is 1.91. The number of carbonyl (C=O) groups excluding carboxylic acids is 3. The first kappa shape index (κ1) is 20.9. The molecule has 0 atom stereocenters. The maximum Gasteiger partial charge on any atom is 0.254 e. The Bertz CT molecular complexity index is 677. The lowest BCUT2D eigenvalue weighted by Gasteiger charge is -2.19. The monoisotopic (exact) mass is 373 g/mol. The van der Waals surface area contributed by atoms with Crippen LogP contribution in [0.1, 0.15) is 61.9 Å². The Kier molecular flexibility index (Phi) is 7.82. The van der Waals surface area contributed by atoms with E-state index in [2.05, 4.69) is 5.32 Å². The van der Waals surface area contributed by atoms with Crippen LogP contribution in [0.4, 0.5) is 5.69 Å². The van der Waals surface area contributed by atoms with Crippen LogP contribution in [0.15, 0.2) is 18.2 Å². The molecular formula is C21H31N3O3. The van der Waals surface area contributed by atoms with Gasteiger partial charge in [-0.15, -0.1) is 0 Å². The predicted octanol–water partition coefficient (Wildman–Crippen LogP) is 3.21. The van der Waals surface area contributed by atoms with Crippen molar-refractivity contribution >= 4 is 23.4 Å². The third-order valence-corrected chi connectivity index (χ3v) is 5.14. The van der Waals surface area contributed by atoms with Gasteiger partial charge < -0.3 is 15.1 Å². The fourth-order valence-electron chi connectivity index (χ4n) is 3.44. The topological polar surface area (TPSA) is 69.7 Å². The lowest BCUT2D eigenvalue weighted by atomic mass is 10.1. The highest BCUT2D eigenvalue weighted by molar-refractivity contribution is 5.99. The maximum atomic E-state index is 12.6. The molecule has 1 saturated heterocycles. The number of carbonyl (C=O) groups is 3. The minimum atomic E-state index is -0.129. The minimum Gasteiger partial charge on any atom is -0.343 e. The molecule has 0 spiro atoms. The Morgan fingerprint density at radius 1 is 1.07 bits per heavy atom. The standard InChI is InChI=1S/C21H31N3O3/c1-4-23(5-2)20(26)13-9-12-19(25)22-18-11-8-10-17(16(18)3)21(27)24-14-6-7-15-24/h8,10-11H,4-7,9,12-15H2,1-3H3,(H,22,25). The third kappa shape index (κ3) is 5.55. The van der Waals surface area contributed by atoms with Gasteiger partial charge in [-0.3, -0.25) is 14.4 Å². The van der Waals surface area contributed by atoms with Crippen molar-refractivity contribution in [2.45, 2.75) is 52.9 Å². The van der Waals surface area contributed by atoms with Crippen molar-refractivity contribution < 1.29 is 14.4 Å². The van der Waals surface area contributed by atoms with Gasteiger partial charge in [-0.05, 0) is 57.7 Å². The number of benzene rings is 1. The lowest BCUT2D eigenvalue weighted by Crippen LogP contribution is -2.30. The largest absolute Gasteiger partial charge is 0.343 e. The average molecular weight is 373 g/mol. The number of amides is 3. The number of nitrogens with zero attached hydrogens (tertiary/aromatic N) is 2. The Morgan fingerprint density at radius 3 is 2.37 bits per heavy atom. The van der Waals surface area contributed by atoms with Gasteiger partial charge in [0.2, 0.25) is 11.8 Å². The SMILES string of the molecule is CCN(CC)C(=O)CCCC(=O)Nc1cccc(C(=O)N2CCCC2)c1C. The molecule has 0 aliphatic carbocycles. The van der Waals surface area contributed by atoms with E-state index in [4.69, 9.17) is 0 Å². The number of likely N-dealkylation sites (tertiary alicyclic amines) is 1. The Morgan fingerprint density at radius 2 is 1.74 bits per heavy atom. The van der Waals surface area contributed by atoms with Crippen LogP contribution in [-0.4, -0.2) is 53.7 Å². The molecule has 148 valence electrons. The van der Waals surface area contributed by atoms with E-state index >= 15 is 0 Å². The molecule has 1 heterocycles. The molecule has 0 saturated carbocycles. The van der Waals surface area contributed by atoms with Crippen LogP contribution >= 0.6 is 0 Å². The molecule has 1 aliphatic heterocycles. The van der Waals surface area contributed by atoms with Crippen LogP contribution in [0, 0.1) is 6.92 Å². The van der Waals surface area contributed by atoms with Gasteiger partial charge in [-0.25, -0.2) is 0 Å². The van der Waals surface area contributed by atoms with Gasteiger partial charge in [0.25, 0.3) is 5.91 Å². The van der Waals surface area contributed by atoms with Gasteiger partial charge in [-0.1, -0.05) is 6.07 Å². The van der Waals surface area contributed by atoms with Crippen LogP contribution in [0.2, 0.25) is 0 Å². The summed E-state index contributed by atoms with van der Waals surface area (Å²) >= 11 is 0. The third-order valence-electron chi connectivity index (χ3n) is 5.14. The summed E-state index contributed by atoms with van der Waals surface area (Å²) in [5.41, 5.74) is 2.11. The first-order chi connectivity index (χ1) is 13.0. The molecular weight excluding hydrogens is 342 g/mol. The maximum absolute atomic E-state index is 12.6. The highest BCUT2D eigenvalue weighted by Gasteiger charge is 2.22. The summed E-state index contributed by atoms with van der Waals surface area (Å²) in [5.74, 6) is -0.00988. The Labute approximate surface area is 161 Å². The van der Waals surface area contributed by atoms with Crippen LogP contribution in [0.3, 0.4) is 0 Å². The molecule has 1 aliphatic rings. The predicted molar refractivity (Wildman–Crippen MR) is 107 cm³/mol. The highest BCUT2D eigenvalue weighted by atomic mass is 16.2. The van der Waals surface area contributed by atoms with E-state index in [-0.39, 0.29) is 24.1 Å². The minimum absolute atomic E-state index is 0.0333. The number of hydrogen-bond donors (Lipinski definition) is 1. The zero-order chi connectivity index (χ0) is 19.8. The summed E-state index contributed by atoms with van der Waals surface area (Å²) in [6, 6.07) is 5.43. The molecule has 6 heteroatoms. The second kappa shape index (κ2) is 10.1. The molecule has 0 radical (unpaired) electrons. The molecule has 27 heavy (non-hydrogen) atoms. The van der Waals surface area contributed by atoms with Crippen LogP contribution < -0.4 is 5.32 Å². The van der Waals surface area contributed by atoms with Gasteiger partial charge in [0, 0.05) is 50.3 Å². The molecule has 1 aromatic carbocycles. The van der Waals surface area contributed by atoms with E-state index in [0.717, 1.165) is 31.5 Å². The van der Waals surface area contributed by atoms with Crippen molar-refractivity contribution in [1.82, 2.24) is 9.80 Å². The molecule has 1 fully saturated rings. The molecule has 6 nitrogen and oxygen atoms in total. The van der Waals surface area contributed by atoms with Gasteiger partial charge in [-0.2, -0.15) is 0 Å². The fourth-order valence-corrected chi connectivity index (χ4v) is 3.44. The molecule has 0 bridgehead atoms. The zero-order valence-electron chi connectivity index (χ0n) is 16.7.